The van der Waals surface area contributed by atoms with Crippen molar-refractivity contribution < 1.29 is 74.3 Å². The number of hydrogen-bond donors (Lipinski definition) is 1. The molecule has 0 atom stereocenters. The molecule has 0 aliphatic carbocycles. The third-order valence-corrected chi connectivity index (χ3v) is 1.97. The van der Waals surface area contributed by atoms with Crippen molar-refractivity contribution >= 4 is 17.5 Å². The number of amides is 1. The second kappa shape index (κ2) is 7.67. The Labute approximate surface area is 153 Å². The smallest absolute Gasteiger partial charge is 0.757 e. The van der Waals surface area contributed by atoms with Gasteiger partial charge in [-0.25, -0.2) is 0 Å². The summed E-state index contributed by atoms with van der Waals surface area (Å²) in [6.07, 6.45) is -4.52. The van der Waals surface area contributed by atoms with Crippen LogP contribution in [0.1, 0.15) is 5.56 Å². The first kappa shape index (κ1) is 19.0. The quantitative estimate of drug-likeness (QED) is 0.256. The van der Waals surface area contributed by atoms with Crippen LogP contribution in [0.15, 0.2) is 30.0 Å². The standard InChI is InChI=1S/C10H5F3N3O3.K/c11-10(12,13)6-1-3-7(4-2-6)15-9(17)8(5-14)16(18)19;/h1-4H,(H,15,17);/q-1;+1. The number of hydrogen-bond acceptors (Lipinski definition) is 3. The van der Waals surface area contributed by atoms with Crippen LogP contribution in [0.25, 0.3) is 5.41 Å². The number of anilines is 1. The van der Waals surface area contributed by atoms with E-state index in [9.17, 15) is 28.1 Å². The maximum Gasteiger partial charge on any atom is 1.00 e. The molecular formula is C10H5F3KN3O3. The molecule has 0 spiro atoms. The van der Waals surface area contributed by atoms with Crippen molar-refractivity contribution in [3.63, 3.8) is 0 Å². The Morgan fingerprint density at radius 3 is 2.15 bits per heavy atom. The monoisotopic (exact) mass is 311 g/mol. The zero-order chi connectivity index (χ0) is 14.6. The zero-order valence-corrected chi connectivity index (χ0v) is 13.2. The predicted octanol–water partition coefficient (Wildman–Crippen LogP) is -0.952. The van der Waals surface area contributed by atoms with Crippen LogP contribution in [0.3, 0.4) is 0 Å². The molecule has 1 N–H and O–H groups in total. The molecule has 1 aromatic carbocycles. The van der Waals surface area contributed by atoms with E-state index in [1.165, 1.54) is 0 Å². The molecule has 1 aromatic rings. The maximum atomic E-state index is 12.2. The van der Waals surface area contributed by atoms with Gasteiger partial charge in [-0.1, -0.05) is 0 Å². The van der Waals surface area contributed by atoms with E-state index in [0.717, 1.165) is 18.0 Å². The first-order valence-electron chi connectivity index (χ1n) is 4.65. The summed E-state index contributed by atoms with van der Waals surface area (Å²) in [4.78, 5) is 20.3. The van der Waals surface area contributed by atoms with Crippen molar-refractivity contribution in [3.05, 3.63) is 51.0 Å². The molecule has 10 heteroatoms. The number of nitrogens with zero attached hydrogens (tertiary/aromatic N) is 2. The molecule has 1 amide bonds. The van der Waals surface area contributed by atoms with Gasteiger partial charge in [0.2, 0.25) is 0 Å². The first-order valence-corrected chi connectivity index (χ1v) is 4.65. The Morgan fingerprint density at radius 2 is 1.80 bits per heavy atom. The fourth-order valence-corrected chi connectivity index (χ4v) is 1.11. The topological polar surface area (TPSA) is 94.5 Å². The molecular weight excluding hydrogens is 306 g/mol. The second-order valence-electron chi connectivity index (χ2n) is 3.25. The first-order chi connectivity index (χ1) is 8.75. The van der Waals surface area contributed by atoms with Gasteiger partial charge in [-0.15, -0.1) is 0 Å². The van der Waals surface area contributed by atoms with Crippen molar-refractivity contribution in [1.29, 1.82) is 0 Å². The minimum absolute atomic E-state index is 0. The molecule has 0 fully saturated rings. The van der Waals surface area contributed by atoms with Gasteiger partial charge in [0.05, 0.1) is 10.5 Å². The molecule has 0 aliphatic heterocycles. The zero-order valence-electron chi connectivity index (χ0n) is 10.1. The normalized spacial score (nSPS) is 9.95. The SMILES string of the molecule is [K+].[N-]=C=C(C(=O)Nc1ccc(C(F)(F)F)cc1)[N+](=O)[O-]. The van der Waals surface area contributed by atoms with Crippen molar-refractivity contribution in [2.45, 2.75) is 6.18 Å². The van der Waals surface area contributed by atoms with Crippen LogP contribution >= 0.6 is 0 Å². The minimum Gasteiger partial charge on any atom is -0.757 e. The van der Waals surface area contributed by atoms with Gasteiger partial charge in [0.1, 0.15) is 0 Å². The van der Waals surface area contributed by atoms with Gasteiger partial charge in [-0.2, -0.15) is 19.0 Å². The van der Waals surface area contributed by atoms with Crippen molar-refractivity contribution in [2.24, 2.45) is 0 Å². The molecule has 0 saturated carbocycles. The molecule has 0 aromatic heterocycles. The fraction of sp³-hybridized carbons (Fsp3) is 0.100. The Hall–Kier alpha value is -1.03. The number of benzene rings is 1. The Morgan fingerprint density at radius 1 is 1.30 bits per heavy atom. The average molecular weight is 311 g/mol. The van der Waals surface area contributed by atoms with Gasteiger partial charge in [0.25, 0.3) is 0 Å². The average Bonchev–Trinajstić information content (AvgIpc) is 2.28. The number of rotatable bonds is 3. The summed E-state index contributed by atoms with van der Waals surface area (Å²) < 4.78 is 36.7. The van der Waals surface area contributed by atoms with Gasteiger partial charge in [-0.05, 0) is 24.3 Å². The number of nitro groups is 1. The maximum absolute atomic E-state index is 12.2. The third kappa shape index (κ3) is 5.15. The number of alkyl halides is 3. The summed E-state index contributed by atoms with van der Waals surface area (Å²) in [5.74, 6) is -0.216. The summed E-state index contributed by atoms with van der Waals surface area (Å²) in [5.41, 5.74) is -2.27. The van der Waals surface area contributed by atoms with Crippen molar-refractivity contribution in [1.82, 2.24) is 0 Å². The molecule has 1 rings (SSSR count). The predicted molar refractivity (Wildman–Crippen MR) is 58.9 cm³/mol. The van der Waals surface area contributed by atoms with E-state index in [1.54, 1.807) is 0 Å². The van der Waals surface area contributed by atoms with Gasteiger partial charge in [0.15, 0.2) is 0 Å². The Kier molecular flexibility index (Phi) is 7.27. The summed E-state index contributed by atoms with van der Waals surface area (Å²) >= 11 is 0. The van der Waals surface area contributed by atoms with E-state index >= 15 is 0 Å². The molecule has 0 aliphatic rings. The summed E-state index contributed by atoms with van der Waals surface area (Å²) in [7, 11) is 0. The largest absolute Gasteiger partial charge is 1.00 e. The molecule has 0 bridgehead atoms. The van der Waals surface area contributed by atoms with Crippen LogP contribution in [-0.2, 0) is 11.0 Å². The number of carbonyl (C=O) groups excluding carboxylic acids is 1. The van der Waals surface area contributed by atoms with Gasteiger partial charge in [-0.3, -0.25) is 14.9 Å². The van der Waals surface area contributed by atoms with Crippen LogP contribution in [0, 0.1) is 10.1 Å². The number of nitrogens with one attached hydrogen (secondary N) is 1. The van der Waals surface area contributed by atoms with Crippen LogP contribution in [-0.4, -0.2) is 16.7 Å². The summed E-state index contributed by atoms with van der Waals surface area (Å²) in [6, 6.07) is 3.26. The Bertz CT molecular complexity index is 565. The molecule has 0 unspecified atom stereocenters. The molecule has 20 heavy (non-hydrogen) atoms. The Balaban J connectivity index is 0.00000361. The van der Waals surface area contributed by atoms with Crippen LogP contribution in [0.2, 0.25) is 0 Å². The summed E-state index contributed by atoms with van der Waals surface area (Å²) in [6.45, 7) is 0. The molecule has 6 nitrogen and oxygen atoms in total. The van der Waals surface area contributed by atoms with Crippen LogP contribution in [0.4, 0.5) is 18.9 Å². The van der Waals surface area contributed by atoms with E-state index in [1.807, 2.05) is 5.32 Å². The van der Waals surface area contributed by atoms with E-state index < -0.39 is 28.3 Å². The van der Waals surface area contributed by atoms with Gasteiger partial charge < -0.3 is 10.7 Å². The minimum atomic E-state index is -4.52. The van der Waals surface area contributed by atoms with Gasteiger partial charge in [0, 0.05) is 5.69 Å². The molecule has 0 radical (unpaired) electrons. The van der Waals surface area contributed by atoms with Crippen molar-refractivity contribution in [3.8, 4) is 0 Å². The second-order valence-corrected chi connectivity index (χ2v) is 3.25. The van der Waals surface area contributed by atoms with Crippen LogP contribution < -0.4 is 56.7 Å². The third-order valence-electron chi connectivity index (χ3n) is 1.97. The van der Waals surface area contributed by atoms with Crippen LogP contribution in [0.5, 0.6) is 0 Å². The number of carbonyl (C=O) groups is 1. The van der Waals surface area contributed by atoms with E-state index in [-0.39, 0.29) is 57.1 Å². The number of halogens is 3. The molecule has 100 valence electrons. The van der Waals surface area contributed by atoms with Gasteiger partial charge >= 0.3 is 69.2 Å². The van der Waals surface area contributed by atoms with Crippen molar-refractivity contribution in [2.75, 3.05) is 5.32 Å². The summed E-state index contributed by atoms with van der Waals surface area (Å²) in [5, 5.41) is 20.6. The van der Waals surface area contributed by atoms with E-state index in [4.69, 9.17) is 5.41 Å². The molecule has 0 heterocycles. The molecule has 0 saturated heterocycles. The fourth-order valence-electron chi connectivity index (χ4n) is 1.11. The van der Waals surface area contributed by atoms with E-state index in [2.05, 4.69) is 0 Å². The van der Waals surface area contributed by atoms with E-state index in [0.29, 0.717) is 12.1 Å².